The Bertz CT molecular complexity index is 764. The molecule has 1 fully saturated rings. The Kier molecular flexibility index (Phi) is 7.69. The second-order valence-electron chi connectivity index (χ2n) is 6.30. The number of benzene rings is 1. The van der Waals surface area contributed by atoms with E-state index in [-0.39, 0.29) is 24.5 Å². The van der Waals surface area contributed by atoms with Crippen LogP contribution in [0.1, 0.15) is 19.8 Å². The number of sulfonamides is 1. The Balaban J connectivity index is 1.81. The average molecular weight is 400 g/mol. The number of hydrogen-bond acceptors (Lipinski definition) is 5. The molecule has 1 saturated heterocycles. The molecule has 1 heterocycles. The highest BCUT2D eigenvalue weighted by atomic mass is 32.2. The lowest BCUT2D eigenvalue weighted by atomic mass is 10.3. The van der Waals surface area contributed by atoms with E-state index in [1.165, 1.54) is 22.5 Å². The summed E-state index contributed by atoms with van der Waals surface area (Å²) in [6.07, 6.45) is 1.78. The van der Waals surface area contributed by atoms with Crippen LogP contribution >= 0.6 is 0 Å². The van der Waals surface area contributed by atoms with E-state index < -0.39 is 27.8 Å². The molecular weight excluding hydrogens is 375 g/mol. The Morgan fingerprint density at radius 2 is 1.89 bits per heavy atom. The van der Waals surface area contributed by atoms with Crippen molar-refractivity contribution in [2.45, 2.75) is 24.7 Å². The summed E-state index contributed by atoms with van der Waals surface area (Å²) in [5, 5.41) is 4.85. The van der Waals surface area contributed by atoms with Crippen molar-refractivity contribution in [2.24, 2.45) is 0 Å². The van der Waals surface area contributed by atoms with Crippen molar-refractivity contribution < 1.29 is 22.4 Å². The predicted molar refractivity (Wildman–Crippen MR) is 98.0 cm³/mol. The number of unbranched alkanes of at least 4 members (excludes halogenated alkanes) is 1. The second-order valence-corrected chi connectivity index (χ2v) is 8.23. The molecule has 1 aromatic carbocycles. The Morgan fingerprint density at radius 1 is 1.19 bits per heavy atom. The molecule has 0 saturated carbocycles. The lowest BCUT2D eigenvalue weighted by Crippen LogP contribution is -2.52. The van der Waals surface area contributed by atoms with Crippen molar-refractivity contribution in [3.05, 3.63) is 30.1 Å². The van der Waals surface area contributed by atoms with Gasteiger partial charge < -0.3 is 5.32 Å². The molecule has 0 aliphatic carbocycles. The lowest BCUT2D eigenvalue weighted by Gasteiger charge is -2.33. The highest BCUT2D eigenvalue weighted by molar-refractivity contribution is 7.89. The van der Waals surface area contributed by atoms with Gasteiger partial charge in [-0.05, 0) is 24.6 Å². The summed E-state index contributed by atoms with van der Waals surface area (Å²) >= 11 is 0. The summed E-state index contributed by atoms with van der Waals surface area (Å²) in [5.74, 6) is -1.05. The number of urea groups is 1. The summed E-state index contributed by atoms with van der Waals surface area (Å²) in [7, 11) is -3.77. The number of rotatable bonds is 7. The van der Waals surface area contributed by atoms with E-state index in [0.717, 1.165) is 18.9 Å². The van der Waals surface area contributed by atoms with Crippen molar-refractivity contribution in [3.8, 4) is 0 Å². The first-order chi connectivity index (χ1) is 12.8. The minimum absolute atomic E-state index is 0.00898. The summed E-state index contributed by atoms with van der Waals surface area (Å²) in [6.45, 7) is 3.59. The van der Waals surface area contributed by atoms with Crippen molar-refractivity contribution in [1.82, 2.24) is 19.8 Å². The quantitative estimate of drug-likeness (QED) is 0.659. The first-order valence-corrected chi connectivity index (χ1v) is 10.3. The van der Waals surface area contributed by atoms with Gasteiger partial charge in [0.15, 0.2) is 0 Å². The zero-order valence-corrected chi connectivity index (χ0v) is 16.1. The number of carbonyl (C=O) groups is 2. The van der Waals surface area contributed by atoms with Gasteiger partial charge in [0, 0.05) is 32.7 Å². The van der Waals surface area contributed by atoms with Crippen molar-refractivity contribution >= 4 is 22.0 Å². The molecule has 0 atom stereocenters. The van der Waals surface area contributed by atoms with Gasteiger partial charge in [-0.25, -0.2) is 17.6 Å². The summed E-state index contributed by atoms with van der Waals surface area (Å²) < 4.78 is 39.7. The third kappa shape index (κ3) is 6.26. The molecule has 0 bridgehead atoms. The summed E-state index contributed by atoms with van der Waals surface area (Å²) in [4.78, 5) is 25.1. The molecule has 1 aliphatic rings. The van der Waals surface area contributed by atoms with Gasteiger partial charge in [-0.15, -0.1) is 0 Å². The first-order valence-electron chi connectivity index (χ1n) is 8.88. The van der Waals surface area contributed by atoms with Crippen LogP contribution in [0, 0.1) is 5.82 Å². The first kappa shape index (κ1) is 21.3. The molecule has 8 nitrogen and oxygen atoms in total. The Morgan fingerprint density at radius 3 is 2.52 bits per heavy atom. The van der Waals surface area contributed by atoms with E-state index in [1.807, 2.05) is 6.92 Å². The molecule has 1 aliphatic heterocycles. The zero-order chi connectivity index (χ0) is 19.9. The standard InChI is InChI=1S/C17H25FN4O4S/c1-2-3-7-19-17(24)20-16(23)13-21-8-10-22(11-9-21)27(25,26)15-6-4-5-14(18)12-15/h4-6,12H,2-3,7-11,13H2,1H3,(H2,19,20,23,24). The lowest BCUT2D eigenvalue weighted by molar-refractivity contribution is -0.121. The summed E-state index contributed by atoms with van der Waals surface area (Å²) in [5.41, 5.74) is 0. The largest absolute Gasteiger partial charge is 0.338 e. The fourth-order valence-corrected chi connectivity index (χ4v) is 4.15. The monoisotopic (exact) mass is 400 g/mol. The number of halogens is 1. The normalized spacial score (nSPS) is 16.1. The average Bonchev–Trinajstić information content (AvgIpc) is 2.62. The molecule has 1 aromatic rings. The maximum Gasteiger partial charge on any atom is 0.321 e. The molecule has 0 aromatic heterocycles. The maximum atomic E-state index is 13.3. The number of carbonyl (C=O) groups excluding carboxylic acids is 2. The SMILES string of the molecule is CCCCNC(=O)NC(=O)CN1CCN(S(=O)(=O)c2cccc(F)c2)CC1. The van der Waals surface area contributed by atoms with Gasteiger partial charge in [-0.2, -0.15) is 4.31 Å². The van der Waals surface area contributed by atoms with E-state index in [9.17, 15) is 22.4 Å². The summed E-state index contributed by atoms with van der Waals surface area (Å²) in [6, 6.07) is 4.37. The van der Waals surface area contributed by atoms with E-state index in [0.29, 0.717) is 19.6 Å². The molecule has 150 valence electrons. The van der Waals surface area contributed by atoms with Crippen LogP contribution in [0.3, 0.4) is 0 Å². The molecule has 3 amide bonds. The molecule has 2 N–H and O–H groups in total. The molecule has 2 rings (SSSR count). The highest BCUT2D eigenvalue weighted by Crippen LogP contribution is 2.18. The predicted octanol–water partition coefficient (Wildman–Crippen LogP) is 0.758. The molecule has 0 unspecified atom stereocenters. The van der Waals surface area contributed by atoms with Gasteiger partial charge >= 0.3 is 6.03 Å². The van der Waals surface area contributed by atoms with Crippen LogP contribution < -0.4 is 10.6 Å². The topological polar surface area (TPSA) is 98.8 Å². The van der Waals surface area contributed by atoms with Crippen LogP contribution in [0.15, 0.2) is 29.2 Å². The van der Waals surface area contributed by atoms with Gasteiger partial charge in [0.25, 0.3) is 0 Å². The van der Waals surface area contributed by atoms with Gasteiger partial charge in [-0.3, -0.25) is 15.0 Å². The number of piperazine rings is 1. The maximum absolute atomic E-state index is 13.3. The van der Waals surface area contributed by atoms with Crippen molar-refractivity contribution in [3.63, 3.8) is 0 Å². The Hall–Kier alpha value is -2.04. The van der Waals surface area contributed by atoms with E-state index in [4.69, 9.17) is 0 Å². The molecule has 0 spiro atoms. The van der Waals surface area contributed by atoms with Crippen molar-refractivity contribution in [1.29, 1.82) is 0 Å². The highest BCUT2D eigenvalue weighted by Gasteiger charge is 2.29. The number of nitrogens with one attached hydrogen (secondary N) is 2. The third-order valence-corrected chi connectivity index (χ3v) is 6.10. The van der Waals surface area contributed by atoms with Gasteiger partial charge in [-0.1, -0.05) is 19.4 Å². The number of hydrogen-bond donors (Lipinski definition) is 2. The van der Waals surface area contributed by atoms with E-state index in [1.54, 1.807) is 4.90 Å². The minimum Gasteiger partial charge on any atom is -0.338 e. The van der Waals surface area contributed by atoms with Crippen LogP contribution in [-0.2, 0) is 14.8 Å². The third-order valence-electron chi connectivity index (χ3n) is 4.20. The van der Waals surface area contributed by atoms with E-state index >= 15 is 0 Å². The second kappa shape index (κ2) is 9.77. The van der Waals surface area contributed by atoms with Crippen LogP contribution in [0.25, 0.3) is 0 Å². The molecule has 0 radical (unpaired) electrons. The van der Waals surface area contributed by atoms with Gasteiger partial charge in [0.05, 0.1) is 11.4 Å². The van der Waals surface area contributed by atoms with Crippen LogP contribution in [0.4, 0.5) is 9.18 Å². The van der Waals surface area contributed by atoms with Crippen LogP contribution in [-0.4, -0.2) is 68.8 Å². The number of imide groups is 1. The molecule has 27 heavy (non-hydrogen) atoms. The molecular formula is C17H25FN4O4S. The van der Waals surface area contributed by atoms with E-state index in [2.05, 4.69) is 10.6 Å². The van der Waals surface area contributed by atoms with Gasteiger partial charge in [0.1, 0.15) is 5.82 Å². The minimum atomic E-state index is -3.77. The fraction of sp³-hybridized carbons (Fsp3) is 0.529. The number of nitrogens with zero attached hydrogens (tertiary/aromatic N) is 2. The van der Waals surface area contributed by atoms with Gasteiger partial charge in [0.2, 0.25) is 15.9 Å². The molecule has 10 heteroatoms. The Labute approximate surface area is 158 Å². The number of amides is 3. The van der Waals surface area contributed by atoms with Crippen LogP contribution in [0.2, 0.25) is 0 Å². The fourth-order valence-electron chi connectivity index (χ4n) is 2.70. The zero-order valence-electron chi connectivity index (χ0n) is 15.3. The van der Waals surface area contributed by atoms with Crippen LogP contribution in [0.5, 0.6) is 0 Å². The van der Waals surface area contributed by atoms with Crippen molar-refractivity contribution in [2.75, 3.05) is 39.3 Å². The smallest absolute Gasteiger partial charge is 0.321 e.